The number of carbonyl (C=O) groups is 1. The van der Waals surface area contributed by atoms with E-state index in [2.05, 4.69) is 5.32 Å². The molecule has 0 aliphatic carbocycles. The number of hydrogen-bond donors (Lipinski definition) is 2. The first-order valence-corrected chi connectivity index (χ1v) is 5.77. The first-order valence-electron chi connectivity index (χ1n) is 5.77. The molecule has 0 radical (unpaired) electrons. The Morgan fingerprint density at radius 2 is 2.18 bits per heavy atom. The van der Waals surface area contributed by atoms with E-state index < -0.39 is 0 Å². The van der Waals surface area contributed by atoms with E-state index in [1.807, 2.05) is 6.92 Å². The van der Waals surface area contributed by atoms with Crippen LogP contribution in [0, 0.1) is 5.82 Å². The Morgan fingerprint density at radius 3 is 2.82 bits per heavy atom. The normalized spacial score (nSPS) is 12.2. The molecule has 0 aromatic heterocycles. The van der Waals surface area contributed by atoms with Crippen molar-refractivity contribution in [3.63, 3.8) is 0 Å². The van der Waals surface area contributed by atoms with Crippen molar-refractivity contribution in [3.8, 4) is 0 Å². The van der Waals surface area contributed by atoms with Crippen LogP contribution >= 0.6 is 0 Å². The molecule has 1 rings (SSSR count). The van der Waals surface area contributed by atoms with Crippen LogP contribution in [0.15, 0.2) is 24.3 Å². The first kappa shape index (κ1) is 13.6. The molecule has 0 heterocycles. The highest BCUT2D eigenvalue weighted by atomic mass is 19.1. The summed E-state index contributed by atoms with van der Waals surface area (Å²) < 4.78 is 13.3. The van der Waals surface area contributed by atoms with Gasteiger partial charge in [-0.1, -0.05) is 18.2 Å². The maximum absolute atomic E-state index is 13.3. The Labute approximate surface area is 101 Å². The number of carbonyl (C=O) groups excluding carboxylic acids is 1. The van der Waals surface area contributed by atoms with Crippen molar-refractivity contribution in [2.45, 2.75) is 32.2 Å². The number of nitrogens with one attached hydrogen (secondary N) is 1. The summed E-state index contributed by atoms with van der Waals surface area (Å²) in [6, 6.07) is 6.26. The van der Waals surface area contributed by atoms with E-state index in [0.29, 0.717) is 12.0 Å². The molecule has 4 heteroatoms. The number of hydrogen-bond acceptors (Lipinski definition) is 2. The van der Waals surface area contributed by atoms with Crippen molar-refractivity contribution in [2.75, 3.05) is 6.61 Å². The predicted octanol–water partition coefficient (Wildman–Crippen LogP) is 1.65. The minimum atomic E-state index is -0.356. The van der Waals surface area contributed by atoms with Gasteiger partial charge in [0.05, 0.1) is 6.42 Å². The molecule has 0 aliphatic rings. The fourth-order valence-corrected chi connectivity index (χ4v) is 1.61. The largest absolute Gasteiger partial charge is 0.396 e. The van der Waals surface area contributed by atoms with Crippen LogP contribution < -0.4 is 5.32 Å². The van der Waals surface area contributed by atoms with Gasteiger partial charge in [-0.15, -0.1) is 0 Å². The third-order valence-corrected chi connectivity index (χ3v) is 2.51. The second-order valence-electron chi connectivity index (χ2n) is 4.10. The van der Waals surface area contributed by atoms with E-state index in [-0.39, 0.29) is 30.8 Å². The van der Waals surface area contributed by atoms with E-state index in [1.54, 1.807) is 18.2 Å². The smallest absolute Gasteiger partial charge is 0.224 e. The molecule has 0 fully saturated rings. The third kappa shape index (κ3) is 4.95. The third-order valence-electron chi connectivity index (χ3n) is 2.51. The van der Waals surface area contributed by atoms with Crippen LogP contribution in [0.1, 0.15) is 25.3 Å². The van der Waals surface area contributed by atoms with Crippen molar-refractivity contribution in [3.05, 3.63) is 35.6 Å². The Bertz CT molecular complexity index is 368. The number of amides is 1. The Hall–Kier alpha value is -1.42. The molecule has 1 aromatic rings. The molecule has 0 saturated heterocycles. The summed E-state index contributed by atoms with van der Waals surface area (Å²) in [5.41, 5.74) is 0.402. The molecule has 0 aliphatic heterocycles. The van der Waals surface area contributed by atoms with E-state index >= 15 is 0 Å². The highest BCUT2D eigenvalue weighted by Crippen LogP contribution is 2.07. The molecule has 1 atom stereocenters. The van der Waals surface area contributed by atoms with Gasteiger partial charge in [-0.3, -0.25) is 4.79 Å². The SMILES string of the molecule is CC(CCCO)NC(=O)Cc1ccccc1F. The zero-order chi connectivity index (χ0) is 12.7. The lowest BCUT2D eigenvalue weighted by Crippen LogP contribution is -2.33. The maximum Gasteiger partial charge on any atom is 0.224 e. The molecule has 94 valence electrons. The second-order valence-corrected chi connectivity index (χ2v) is 4.10. The number of halogens is 1. The molecule has 1 amide bonds. The number of aliphatic hydroxyl groups is 1. The minimum Gasteiger partial charge on any atom is -0.396 e. The lowest BCUT2D eigenvalue weighted by molar-refractivity contribution is -0.121. The number of rotatable bonds is 6. The van der Waals surface area contributed by atoms with Crippen molar-refractivity contribution < 1.29 is 14.3 Å². The first-order chi connectivity index (χ1) is 8.13. The lowest BCUT2D eigenvalue weighted by atomic mass is 10.1. The Kier molecular flexibility index (Phi) is 5.63. The fourth-order valence-electron chi connectivity index (χ4n) is 1.61. The molecule has 0 spiro atoms. The second kappa shape index (κ2) is 7.01. The van der Waals surface area contributed by atoms with E-state index in [9.17, 15) is 9.18 Å². The maximum atomic E-state index is 13.3. The van der Waals surface area contributed by atoms with Crippen molar-refractivity contribution in [2.24, 2.45) is 0 Å². The van der Waals surface area contributed by atoms with Crippen LogP contribution in [-0.4, -0.2) is 23.7 Å². The molecule has 3 nitrogen and oxygen atoms in total. The summed E-state index contributed by atoms with van der Waals surface area (Å²) >= 11 is 0. The van der Waals surface area contributed by atoms with Gasteiger partial charge >= 0.3 is 0 Å². The summed E-state index contributed by atoms with van der Waals surface area (Å²) in [6.45, 7) is 1.99. The van der Waals surface area contributed by atoms with Gasteiger partial charge in [0.1, 0.15) is 5.82 Å². The van der Waals surface area contributed by atoms with Gasteiger partial charge in [-0.2, -0.15) is 0 Å². The zero-order valence-electron chi connectivity index (χ0n) is 9.95. The van der Waals surface area contributed by atoms with Crippen LogP contribution in [-0.2, 0) is 11.2 Å². The van der Waals surface area contributed by atoms with E-state index in [0.717, 1.165) is 6.42 Å². The van der Waals surface area contributed by atoms with Gasteiger partial charge in [0.25, 0.3) is 0 Å². The molecular formula is C13H18FNO2. The van der Waals surface area contributed by atoms with Gasteiger partial charge < -0.3 is 10.4 Å². The van der Waals surface area contributed by atoms with Crippen LogP contribution in [0.3, 0.4) is 0 Å². The highest BCUT2D eigenvalue weighted by molar-refractivity contribution is 5.78. The van der Waals surface area contributed by atoms with E-state index in [1.165, 1.54) is 6.07 Å². The molecular weight excluding hydrogens is 221 g/mol. The fraction of sp³-hybridized carbons (Fsp3) is 0.462. The topological polar surface area (TPSA) is 49.3 Å². The van der Waals surface area contributed by atoms with Crippen LogP contribution in [0.5, 0.6) is 0 Å². The van der Waals surface area contributed by atoms with Crippen LogP contribution in [0.2, 0.25) is 0 Å². The zero-order valence-corrected chi connectivity index (χ0v) is 9.95. The lowest BCUT2D eigenvalue weighted by Gasteiger charge is -2.13. The Balaban J connectivity index is 2.42. The number of benzene rings is 1. The van der Waals surface area contributed by atoms with Gasteiger partial charge in [0.2, 0.25) is 5.91 Å². The average molecular weight is 239 g/mol. The quantitative estimate of drug-likeness (QED) is 0.793. The molecule has 0 bridgehead atoms. The summed E-state index contributed by atoms with van der Waals surface area (Å²) in [5, 5.41) is 11.4. The standard InChI is InChI=1S/C13H18FNO2/c1-10(5-4-8-16)15-13(17)9-11-6-2-3-7-12(11)14/h2-3,6-7,10,16H,4-5,8-9H2,1H3,(H,15,17). The van der Waals surface area contributed by atoms with Gasteiger partial charge in [0.15, 0.2) is 0 Å². The van der Waals surface area contributed by atoms with Gasteiger partial charge in [-0.25, -0.2) is 4.39 Å². The van der Waals surface area contributed by atoms with Crippen LogP contribution in [0.25, 0.3) is 0 Å². The predicted molar refractivity (Wildman–Crippen MR) is 64.0 cm³/mol. The molecule has 1 unspecified atom stereocenters. The summed E-state index contributed by atoms with van der Waals surface area (Å²) in [7, 11) is 0. The molecule has 17 heavy (non-hydrogen) atoms. The van der Waals surface area contributed by atoms with Crippen molar-refractivity contribution in [1.82, 2.24) is 5.32 Å². The Morgan fingerprint density at radius 1 is 1.47 bits per heavy atom. The van der Waals surface area contributed by atoms with Crippen LogP contribution in [0.4, 0.5) is 4.39 Å². The van der Waals surface area contributed by atoms with E-state index in [4.69, 9.17) is 5.11 Å². The summed E-state index contributed by atoms with van der Waals surface area (Å²) in [5.74, 6) is -0.550. The average Bonchev–Trinajstić information content (AvgIpc) is 2.29. The monoisotopic (exact) mass is 239 g/mol. The minimum absolute atomic E-state index is 0.00132. The van der Waals surface area contributed by atoms with Gasteiger partial charge in [-0.05, 0) is 31.4 Å². The van der Waals surface area contributed by atoms with Crippen molar-refractivity contribution >= 4 is 5.91 Å². The highest BCUT2D eigenvalue weighted by Gasteiger charge is 2.10. The molecule has 2 N–H and O–H groups in total. The summed E-state index contributed by atoms with van der Waals surface area (Å²) in [4.78, 5) is 11.6. The summed E-state index contributed by atoms with van der Waals surface area (Å²) in [6.07, 6.45) is 1.43. The molecule has 1 aromatic carbocycles. The van der Waals surface area contributed by atoms with Crippen molar-refractivity contribution in [1.29, 1.82) is 0 Å². The van der Waals surface area contributed by atoms with Gasteiger partial charge in [0, 0.05) is 12.6 Å². The molecule has 0 saturated carbocycles. The number of aliphatic hydroxyl groups excluding tert-OH is 1.